The first-order valence-electron chi connectivity index (χ1n) is 5.57. The van der Waals surface area contributed by atoms with E-state index >= 15 is 0 Å². The fourth-order valence-corrected chi connectivity index (χ4v) is 1.60. The first kappa shape index (κ1) is 12.6. The molecular weight excluding hydrogens is 252 g/mol. The summed E-state index contributed by atoms with van der Waals surface area (Å²) in [6, 6.07) is 8.53. The average Bonchev–Trinajstić information content (AvgIpc) is 2.90. The van der Waals surface area contributed by atoms with Crippen molar-refractivity contribution in [1.82, 2.24) is 9.78 Å². The molecule has 18 heavy (non-hydrogen) atoms. The van der Waals surface area contributed by atoms with Crippen molar-refractivity contribution in [2.24, 2.45) is 0 Å². The molecule has 94 valence electrons. The van der Waals surface area contributed by atoms with Crippen LogP contribution in [0.25, 0.3) is 0 Å². The molecule has 0 aliphatic rings. The summed E-state index contributed by atoms with van der Waals surface area (Å²) in [5.41, 5.74) is 0.903. The molecule has 5 heteroatoms. The van der Waals surface area contributed by atoms with Gasteiger partial charge in [-0.3, -0.25) is 4.68 Å². The van der Waals surface area contributed by atoms with E-state index < -0.39 is 6.04 Å². The molecule has 4 nitrogen and oxygen atoms in total. The predicted molar refractivity (Wildman–Crippen MR) is 68.2 cm³/mol. The maximum atomic E-state index is 11.8. The Balaban J connectivity index is 1.90. The van der Waals surface area contributed by atoms with Crippen LogP contribution in [0, 0.1) is 0 Å². The minimum absolute atomic E-state index is 0.238. The molecule has 2 rings (SSSR count). The van der Waals surface area contributed by atoms with Crippen LogP contribution >= 0.6 is 11.6 Å². The topological polar surface area (TPSA) is 44.1 Å². The normalized spacial score (nSPS) is 12.1. The quantitative estimate of drug-likeness (QED) is 0.798. The van der Waals surface area contributed by atoms with Crippen LogP contribution in [0.1, 0.15) is 18.5 Å². The second-order valence-corrected chi connectivity index (χ2v) is 4.33. The Bertz CT molecular complexity index is 508. The summed E-state index contributed by atoms with van der Waals surface area (Å²) < 4.78 is 6.77. The summed E-state index contributed by atoms with van der Waals surface area (Å²) in [6.45, 7) is 1.98. The van der Waals surface area contributed by atoms with Gasteiger partial charge in [-0.2, -0.15) is 5.10 Å². The van der Waals surface area contributed by atoms with Gasteiger partial charge in [0.15, 0.2) is 0 Å². The number of carbonyl (C=O) groups excluding carboxylic acids is 1. The van der Waals surface area contributed by atoms with Gasteiger partial charge in [-0.25, -0.2) is 4.79 Å². The zero-order valence-corrected chi connectivity index (χ0v) is 10.7. The highest BCUT2D eigenvalue weighted by Gasteiger charge is 2.16. The van der Waals surface area contributed by atoms with Gasteiger partial charge in [-0.05, 0) is 30.7 Å². The number of hydrogen-bond donors (Lipinski definition) is 0. The lowest BCUT2D eigenvalue weighted by atomic mass is 10.2. The lowest BCUT2D eigenvalue weighted by Crippen LogP contribution is -2.19. The number of ether oxygens (including phenoxy) is 1. The summed E-state index contributed by atoms with van der Waals surface area (Å²) in [5.74, 6) is -0.311. The Kier molecular flexibility index (Phi) is 3.99. The smallest absolute Gasteiger partial charge is 0.330 e. The van der Waals surface area contributed by atoms with Crippen LogP contribution in [-0.4, -0.2) is 15.7 Å². The van der Waals surface area contributed by atoms with Gasteiger partial charge in [-0.15, -0.1) is 0 Å². The third-order valence-corrected chi connectivity index (χ3v) is 2.81. The van der Waals surface area contributed by atoms with Crippen molar-refractivity contribution in [3.05, 3.63) is 53.3 Å². The molecule has 0 aliphatic carbocycles. The van der Waals surface area contributed by atoms with E-state index in [0.717, 1.165) is 5.56 Å². The molecule has 0 N–H and O–H groups in total. The van der Waals surface area contributed by atoms with Gasteiger partial charge in [0.25, 0.3) is 0 Å². The summed E-state index contributed by atoms with van der Waals surface area (Å²) in [6.07, 6.45) is 3.36. The molecule has 0 bridgehead atoms. The number of halogens is 1. The highest BCUT2D eigenvalue weighted by Crippen LogP contribution is 2.12. The van der Waals surface area contributed by atoms with E-state index in [1.807, 2.05) is 12.1 Å². The van der Waals surface area contributed by atoms with Crippen molar-refractivity contribution in [3.63, 3.8) is 0 Å². The van der Waals surface area contributed by atoms with Crippen molar-refractivity contribution in [1.29, 1.82) is 0 Å². The number of benzene rings is 1. The highest BCUT2D eigenvalue weighted by atomic mass is 35.5. The molecule has 0 saturated heterocycles. The number of aromatic nitrogens is 2. The third kappa shape index (κ3) is 3.11. The van der Waals surface area contributed by atoms with Crippen molar-refractivity contribution < 1.29 is 9.53 Å². The van der Waals surface area contributed by atoms with Crippen molar-refractivity contribution in [3.8, 4) is 0 Å². The SMILES string of the molecule is CC(C(=O)OCc1ccc(Cl)cc1)n1cccn1. The Morgan fingerprint density at radius 1 is 1.44 bits per heavy atom. The minimum Gasteiger partial charge on any atom is -0.459 e. The van der Waals surface area contributed by atoms with Crippen LogP contribution in [-0.2, 0) is 16.1 Å². The largest absolute Gasteiger partial charge is 0.459 e. The molecule has 0 aliphatic heterocycles. The fourth-order valence-electron chi connectivity index (χ4n) is 1.47. The van der Waals surface area contributed by atoms with Gasteiger partial charge in [0.1, 0.15) is 12.6 Å². The van der Waals surface area contributed by atoms with Gasteiger partial charge >= 0.3 is 5.97 Å². The molecule has 0 radical (unpaired) electrons. The molecule has 0 spiro atoms. The maximum absolute atomic E-state index is 11.8. The predicted octanol–water partition coefficient (Wildman–Crippen LogP) is 2.84. The van der Waals surface area contributed by atoms with Gasteiger partial charge in [0.05, 0.1) is 0 Å². The lowest BCUT2D eigenvalue weighted by Gasteiger charge is -2.11. The van der Waals surface area contributed by atoms with Crippen LogP contribution in [0.2, 0.25) is 5.02 Å². The van der Waals surface area contributed by atoms with Crippen molar-refractivity contribution in [2.75, 3.05) is 0 Å². The van der Waals surface area contributed by atoms with E-state index in [-0.39, 0.29) is 12.6 Å². The Labute approximate surface area is 110 Å². The molecule has 0 fully saturated rings. The van der Waals surface area contributed by atoms with E-state index in [9.17, 15) is 4.79 Å². The Morgan fingerprint density at radius 3 is 2.78 bits per heavy atom. The van der Waals surface area contributed by atoms with E-state index in [1.54, 1.807) is 42.2 Å². The average molecular weight is 265 g/mol. The summed E-state index contributed by atoms with van der Waals surface area (Å²) in [4.78, 5) is 11.8. The van der Waals surface area contributed by atoms with Gasteiger partial charge in [0, 0.05) is 17.4 Å². The van der Waals surface area contributed by atoms with Crippen LogP contribution in [0.4, 0.5) is 0 Å². The monoisotopic (exact) mass is 264 g/mol. The molecule has 1 atom stereocenters. The zero-order valence-electron chi connectivity index (χ0n) is 9.91. The molecule has 2 aromatic rings. The zero-order chi connectivity index (χ0) is 13.0. The second-order valence-electron chi connectivity index (χ2n) is 3.90. The van der Waals surface area contributed by atoms with Gasteiger partial charge in [-0.1, -0.05) is 23.7 Å². The van der Waals surface area contributed by atoms with E-state index in [1.165, 1.54) is 0 Å². The Morgan fingerprint density at radius 2 is 2.17 bits per heavy atom. The first-order valence-corrected chi connectivity index (χ1v) is 5.95. The molecule has 1 aromatic heterocycles. The second kappa shape index (κ2) is 5.69. The summed E-state index contributed by atoms with van der Waals surface area (Å²) in [5, 5.41) is 4.66. The van der Waals surface area contributed by atoms with Crippen LogP contribution in [0.5, 0.6) is 0 Å². The minimum atomic E-state index is -0.424. The molecule has 1 aromatic carbocycles. The van der Waals surface area contributed by atoms with Crippen LogP contribution in [0.15, 0.2) is 42.7 Å². The number of hydrogen-bond acceptors (Lipinski definition) is 3. The van der Waals surface area contributed by atoms with Crippen molar-refractivity contribution in [2.45, 2.75) is 19.6 Å². The maximum Gasteiger partial charge on any atom is 0.330 e. The summed E-state index contributed by atoms with van der Waals surface area (Å²) >= 11 is 5.77. The van der Waals surface area contributed by atoms with E-state index in [0.29, 0.717) is 5.02 Å². The van der Waals surface area contributed by atoms with Crippen LogP contribution < -0.4 is 0 Å². The van der Waals surface area contributed by atoms with Crippen molar-refractivity contribution >= 4 is 17.6 Å². The molecular formula is C13H13ClN2O2. The first-order chi connectivity index (χ1) is 8.66. The summed E-state index contributed by atoms with van der Waals surface area (Å²) in [7, 11) is 0. The van der Waals surface area contributed by atoms with Crippen LogP contribution in [0.3, 0.4) is 0 Å². The molecule has 1 heterocycles. The highest BCUT2D eigenvalue weighted by molar-refractivity contribution is 6.30. The van der Waals surface area contributed by atoms with E-state index in [4.69, 9.17) is 16.3 Å². The standard InChI is InChI=1S/C13H13ClN2O2/c1-10(16-8-2-7-15-16)13(17)18-9-11-3-5-12(14)6-4-11/h2-8,10H,9H2,1H3. The Hall–Kier alpha value is -1.81. The number of carbonyl (C=O) groups is 1. The van der Waals surface area contributed by atoms with Gasteiger partial charge in [0.2, 0.25) is 0 Å². The van der Waals surface area contributed by atoms with Gasteiger partial charge < -0.3 is 4.74 Å². The molecule has 0 saturated carbocycles. The lowest BCUT2D eigenvalue weighted by molar-refractivity contribution is -0.148. The molecule has 1 unspecified atom stereocenters. The number of rotatable bonds is 4. The molecule has 0 amide bonds. The third-order valence-electron chi connectivity index (χ3n) is 2.56. The number of esters is 1. The fraction of sp³-hybridized carbons (Fsp3) is 0.231. The number of nitrogens with zero attached hydrogens (tertiary/aromatic N) is 2. The van der Waals surface area contributed by atoms with E-state index in [2.05, 4.69) is 5.10 Å².